The number of rotatable bonds is 3. The van der Waals surface area contributed by atoms with Gasteiger partial charge >= 0.3 is 6.03 Å². The summed E-state index contributed by atoms with van der Waals surface area (Å²) in [5.74, 6) is -0.400. The molecule has 25 heavy (non-hydrogen) atoms. The van der Waals surface area contributed by atoms with E-state index in [1.807, 2.05) is 18.2 Å². The Morgan fingerprint density at radius 3 is 2.56 bits per heavy atom. The summed E-state index contributed by atoms with van der Waals surface area (Å²) >= 11 is 0. The minimum atomic E-state index is -0.659. The highest BCUT2D eigenvalue weighted by Gasteiger charge is 2.23. The highest BCUT2D eigenvalue weighted by Crippen LogP contribution is 2.18. The number of carbonyl (C=O) groups is 1. The summed E-state index contributed by atoms with van der Waals surface area (Å²) in [6, 6.07) is 8.31. The fraction of sp³-hybridized carbons (Fsp3) is 0.333. The molecule has 0 aliphatic carbocycles. The second-order valence-electron chi connectivity index (χ2n) is 6.00. The number of hydrogen-bond donors (Lipinski definition) is 1. The molecule has 5 nitrogen and oxygen atoms in total. The van der Waals surface area contributed by atoms with Crippen molar-refractivity contribution >= 4 is 11.8 Å². The Morgan fingerprint density at radius 2 is 1.92 bits per heavy atom. The maximum atomic E-state index is 13.8. The molecule has 0 radical (unpaired) electrons. The van der Waals surface area contributed by atoms with Crippen LogP contribution in [-0.2, 0) is 0 Å². The van der Waals surface area contributed by atoms with E-state index in [-0.39, 0.29) is 11.6 Å². The van der Waals surface area contributed by atoms with Crippen molar-refractivity contribution in [1.82, 2.24) is 15.2 Å². The van der Waals surface area contributed by atoms with Gasteiger partial charge in [0.05, 0.1) is 6.04 Å². The standard InChI is InChI=1S/C18H20F2N4O/c1-13(15-6-5-14(19)12-16(15)20)22-18(25)24-10-8-23(9-11-24)17-4-2-3-7-21-17/h2-7,12-13H,8-11H2,1H3,(H,22,25)/t13-/m1/s1. The summed E-state index contributed by atoms with van der Waals surface area (Å²) in [5.41, 5.74) is 0.266. The molecule has 7 heteroatoms. The zero-order valence-corrected chi connectivity index (χ0v) is 14.0. The number of halogens is 2. The second-order valence-corrected chi connectivity index (χ2v) is 6.00. The first kappa shape index (κ1) is 17.1. The van der Waals surface area contributed by atoms with Crippen LogP contribution in [0.25, 0.3) is 0 Å². The van der Waals surface area contributed by atoms with Crippen LogP contribution < -0.4 is 10.2 Å². The number of nitrogens with zero attached hydrogens (tertiary/aromatic N) is 3. The number of piperazine rings is 1. The third-order valence-electron chi connectivity index (χ3n) is 4.31. The van der Waals surface area contributed by atoms with Crippen molar-refractivity contribution in [3.05, 3.63) is 59.8 Å². The molecule has 2 amide bonds. The summed E-state index contributed by atoms with van der Waals surface area (Å²) in [6.45, 7) is 4.16. The van der Waals surface area contributed by atoms with E-state index < -0.39 is 17.7 Å². The summed E-state index contributed by atoms with van der Waals surface area (Å²) in [4.78, 5) is 20.5. The number of pyridine rings is 1. The number of nitrogens with one attached hydrogen (secondary N) is 1. The Labute approximate surface area is 145 Å². The summed E-state index contributed by atoms with van der Waals surface area (Å²) < 4.78 is 26.8. The van der Waals surface area contributed by atoms with Gasteiger partial charge in [-0.25, -0.2) is 18.6 Å². The van der Waals surface area contributed by atoms with Crippen molar-refractivity contribution in [2.75, 3.05) is 31.1 Å². The van der Waals surface area contributed by atoms with Gasteiger partial charge < -0.3 is 15.1 Å². The van der Waals surface area contributed by atoms with Crippen LogP contribution in [0, 0.1) is 11.6 Å². The third kappa shape index (κ3) is 4.04. The number of amides is 2. The van der Waals surface area contributed by atoms with Gasteiger partial charge in [0, 0.05) is 44.0 Å². The van der Waals surface area contributed by atoms with Crippen LogP contribution >= 0.6 is 0 Å². The summed E-state index contributed by atoms with van der Waals surface area (Å²) in [5, 5.41) is 2.77. The lowest BCUT2D eigenvalue weighted by Crippen LogP contribution is -2.52. The molecule has 1 aromatic carbocycles. The zero-order valence-electron chi connectivity index (χ0n) is 14.0. The van der Waals surface area contributed by atoms with Crippen LogP contribution in [0.2, 0.25) is 0 Å². The van der Waals surface area contributed by atoms with Gasteiger partial charge in [-0.3, -0.25) is 0 Å². The van der Waals surface area contributed by atoms with Crippen molar-refractivity contribution in [2.24, 2.45) is 0 Å². The monoisotopic (exact) mass is 346 g/mol. The SMILES string of the molecule is C[C@@H](NC(=O)N1CCN(c2ccccn2)CC1)c1ccc(F)cc1F. The normalized spacial score (nSPS) is 15.8. The molecule has 1 aromatic heterocycles. The van der Waals surface area contributed by atoms with Crippen LogP contribution in [0.15, 0.2) is 42.6 Å². The van der Waals surface area contributed by atoms with E-state index in [2.05, 4.69) is 15.2 Å². The lowest BCUT2D eigenvalue weighted by molar-refractivity contribution is 0.191. The van der Waals surface area contributed by atoms with Crippen molar-refractivity contribution in [1.29, 1.82) is 0 Å². The van der Waals surface area contributed by atoms with Gasteiger partial charge in [-0.2, -0.15) is 0 Å². The first-order valence-electron chi connectivity index (χ1n) is 8.21. The molecule has 1 aliphatic heterocycles. The van der Waals surface area contributed by atoms with Crippen molar-refractivity contribution < 1.29 is 13.6 Å². The fourth-order valence-corrected chi connectivity index (χ4v) is 2.89. The van der Waals surface area contributed by atoms with E-state index in [9.17, 15) is 13.6 Å². The lowest BCUT2D eigenvalue weighted by Gasteiger charge is -2.35. The molecule has 0 bridgehead atoms. The highest BCUT2D eigenvalue weighted by molar-refractivity contribution is 5.75. The molecule has 1 N–H and O–H groups in total. The van der Waals surface area contributed by atoms with Crippen LogP contribution in [0.3, 0.4) is 0 Å². The van der Waals surface area contributed by atoms with E-state index in [0.29, 0.717) is 26.2 Å². The Balaban J connectivity index is 1.56. The van der Waals surface area contributed by atoms with Gasteiger partial charge in [0.1, 0.15) is 17.5 Å². The molecule has 0 saturated carbocycles. The molecular weight excluding hydrogens is 326 g/mol. The molecular formula is C18H20F2N4O. The fourth-order valence-electron chi connectivity index (χ4n) is 2.89. The van der Waals surface area contributed by atoms with E-state index >= 15 is 0 Å². The average Bonchev–Trinajstić information content (AvgIpc) is 2.62. The minimum Gasteiger partial charge on any atom is -0.353 e. The number of anilines is 1. The zero-order chi connectivity index (χ0) is 17.8. The van der Waals surface area contributed by atoms with Crippen molar-refractivity contribution in [3.8, 4) is 0 Å². The van der Waals surface area contributed by atoms with E-state index in [4.69, 9.17) is 0 Å². The van der Waals surface area contributed by atoms with Crippen molar-refractivity contribution in [2.45, 2.75) is 13.0 Å². The molecule has 1 atom stereocenters. The van der Waals surface area contributed by atoms with Crippen LogP contribution in [-0.4, -0.2) is 42.1 Å². The highest BCUT2D eigenvalue weighted by atomic mass is 19.1. The Kier molecular flexibility index (Phi) is 5.11. The quantitative estimate of drug-likeness (QED) is 0.930. The van der Waals surface area contributed by atoms with E-state index in [0.717, 1.165) is 11.9 Å². The van der Waals surface area contributed by atoms with E-state index in [1.54, 1.807) is 18.0 Å². The van der Waals surface area contributed by atoms with Gasteiger partial charge in [-0.15, -0.1) is 0 Å². The third-order valence-corrected chi connectivity index (χ3v) is 4.31. The Hall–Kier alpha value is -2.70. The largest absolute Gasteiger partial charge is 0.353 e. The Morgan fingerprint density at radius 1 is 1.16 bits per heavy atom. The van der Waals surface area contributed by atoms with Crippen molar-refractivity contribution in [3.63, 3.8) is 0 Å². The average molecular weight is 346 g/mol. The number of aromatic nitrogens is 1. The number of hydrogen-bond acceptors (Lipinski definition) is 3. The summed E-state index contributed by atoms with van der Waals surface area (Å²) in [6.07, 6.45) is 1.74. The molecule has 1 fully saturated rings. The molecule has 3 rings (SSSR count). The predicted octanol–water partition coefficient (Wildman–Crippen LogP) is 2.95. The van der Waals surface area contributed by atoms with Gasteiger partial charge in [-0.1, -0.05) is 12.1 Å². The molecule has 1 aliphatic rings. The maximum Gasteiger partial charge on any atom is 0.317 e. The first-order chi connectivity index (χ1) is 12.0. The van der Waals surface area contributed by atoms with Gasteiger partial charge in [0.25, 0.3) is 0 Å². The molecule has 2 aromatic rings. The van der Waals surface area contributed by atoms with Crippen LogP contribution in [0.4, 0.5) is 19.4 Å². The number of benzene rings is 1. The molecule has 0 unspecified atom stereocenters. The number of carbonyl (C=O) groups excluding carboxylic acids is 1. The predicted molar refractivity (Wildman–Crippen MR) is 91.3 cm³/mol. The smallest absolute Gasteiger partial charge is 0.317 e. The maximum absolute atomic E-state index is 13.8. The topological polar surface area (TPSA) is 48.5 Å². The molecule has 2 heterocycles. The first-order valence-corrected chi connectivity index (χ1v) is 8.21. The van der Waals surface area contributed by atoms with Gasteiger partial charge in [-0.05, 0) is 25.1 Å². The number of urea groups is 1. The van der Waals surface area contributed by atoms with Crippen LogP contribution in [0.1, 0.15) is 18.5 Å². The van der Waals surface area contributed by atoms with Gasteiger partial charge in [0.2, 0.25) is 0 Å². The molecule has 132 valence electrons. The van der Waals surface area contributed by atoms with Gasteiger partial charge in [0.15, 0.2) is 0 Å². The Bertz CT molecular complexity index is 733. The minimum absolute atomic E-state index is 0.253. The van der Waals surface area contributed by atoms with E-state index in [1.165, 1.54) is 12.1 Å². The summed E-state index contributed by atoms with van der Waals surface area (Å²) in [7, 11) is 0. The molecule has 0 spiro atoms. The van der Waals surface area contributed by atoms with Crippen LogP contribution in [0.5, 0.6) is 0 Å². The molecule has 1 saturated heterocycles. The second kappa shape index (κ2) is 7.46. The lowest BCUT2D eigenvalue weighted by atomic mass is 10.1.